The Labute approximate surface area is 160 Å². The van der Waals surface area contributed by atoms with E-state index >= 15 is 0 Å². The summed E-state index contributed by atoms with van der Waals surface area (Å²) in [5, 5.41) is 1.17. The second-order valence-electron chi connectivity index (χ2n) is 5.90. The molecular formula is C20H15ClN4O2. The maximum Gasteiger partial charge on any atom is 0.302 e. The van der Waals surface area contributed by atoms with E-state index in [9.17, 15) is 4.79 Å². The summed E-state index contributed by atoms with van der Waals surface area (Å²) in [5.41, 5.74) is 2.21. The molecule has 0 spiro atoms. The van der Waals surface area contributed by atoms with Crippen LogP contribution in [0.15, 0.2) is 71.8 Å². The van der Waals surface area contributed by atoms with Gasteiger partial charge >= 0.3 is 6.01 Å². The number of fused-ring (bicyclic) bond motifs is 1. The van der Waals surface area contributed by atoms with Crippen LogP contribution in [-0.4, -0.2) is 22.0 Å². The van der Waals surface area contributed by atoms with Gasteiger partial charge in [-0.1, -0.05) is 11.6 Å². The molecule has 27 heavy (non-hydrogen) atoms. The summed E-state index contributed by atoms with van der Waals surface area (Å²) in [7, 11) is 1.97. The molecule has 0 saturated carbocycles. The second kappa shape index (κ2) is 7.09. The Morgan fingerprint density at radius 1 is 1.00 bits per heavy atom. The Balaban J connectivity index is 1.56. The van der Waals surface area contributed by atoms with Gasteiger partial charge in [0.05, 0.1) is 17.1 Å². The highest BCUT2D eigenvalue weighted by Crippen LogP contribution is 2.27. The fourth-order valence-corrected chi connectivity index (χ4v) is 2.81. The van der Waals surface area contributed by atoms with Crippen LogP contribution in [0.1, 0.15) is 0 Å². The highest BCUT2D eigenvalue weighted by Gasteiger charge is 2.07. The summed E-state index contributed by atoms with van der Waals surface area (Å²) in [4.78, 5) is 25.0. The minimum Gasteiger partial charge on any atom is -0.426 e. The molecule has 0 aliphatic rings. The number of benzene rings is 2. The van der Waals surface area contributed by atoms with Crippen LogP contribution in [0.2, 0.25) is 5.02 Å². The number of nitrogens with zero attached hydrogens (tertiary/aromatic N) is 3. The number of anilines is 2. The number of aromatic nitrogens is 3. The van der Waals surface area contributed by atoms with Gasteiger partial charge in [0.2, 0.25) is 0 Å². The highest BCUT2D eigenvalue weighted by atomic mass is 35.5. The van der Waals surface area contributed by atoms with E-state index in [4.69, 9.17) is 16.3 Å². The van der Waals surface area contributed by atoms with Gasteiger partial charge in [0.25, 0.3) is 5.56 Å². The Morgan fingerprint density at radius 3 is 2.37 bits per heavy atom. The van der Waals surface area contributed by atoms with Crippen molar-refractivity contribution in [3.05, 3.63) is 82.4 Å². The Morgan fingerprint density at radius 2 is 1.67 bits per heavy atom. The van der Waals surface area contributed by atoms with Crippen LogP contribution in [0.3, 0.4) is 0 Å². The molecule has 0 atom stereocenters. The molecule has 6 nitrogen and oxygen atoms in total. The molecule has 0 amide bonds. The van der Waals surface area contributed by atoms with Gasteiger partial charge in [-0.2, -0.15) is 4.98 Å². The smallest absolute Gasteiger partial charge is 0.302 e. The first-order valence-corrected chi connectivity index (χ1v) is 8.59. The normalized spacial score (nSPS) is 10.7. The third kappa shape index (κ3) is 3.61. The number of halogens is 1. The van der Waals surface area contributed by atoms with E-state index in [1.54, 1.807) is 12.3 Å². The van der Waals surface area contributed by atoms with Crippen LogP contribution in [0.25, 0.3) is 10.9 Å². The van der Waals surface area contributed by atoms with E-state index in [1.165, 1.54) is 6.20 Å². The number of hydrogen-bond acceptors (Lipinski definition) is 5. The van der Waals surface area contributed by atoms with Gasteiger partial charge in [0, 0.05) is 29.6 Å². The van der Waals surface area contributed by atoms with E-state index in [0.717, 1.165) is 11.4 Å². The summed E-state index contributed by atoms with van der Waals surface area (Å²) >= 11 is 5.94. The molecule has 0 fully saturated rings. The number of rotatable bonds is 4. The average molecular weight is 379 g/mol. The highest BCUT2D eigenvalue weighted by molar-refractivity contribution is 6.30. The van der Waals surface area contributed by atoms with Crippen LogP contribution < -0.4 is 15.2 Å². The van der Waals surface area contributed by atoms with Crippen LogP contribution in [-0.2, 0) is 0 Å². The fourth-order valence-electron chi connectivity index (χ4n) is 2.68. The molecular weight excluding hydrogens is 364 g/mol. The van der Waals surface area contributed by atoms with Crippen molar-refractivity contribution in [1.82, 2.24) is 15.0 Å². The summed E-state index contributed by atoms with van der Waals surface area (Å²) in [5.74, 6) is 0.564. The Hall–Kier alpha value is -3.38. The van der Waals surface area contributed by atoms with E-state index in [-0.39, 0.29) is 11.6 Å². The molecule has 4 aromatic rings. The van der Waals surface area contributed by atoms with E-state index < -0.39 is 0 Å². The molecule has 4 rings (SSSR count). The second-order valence-corrected chi connectivity index (χ2v) is 6.33. The van der Waals surface area contributed by atoms with Crippen LogP contribution in [0.4, 0.5) is 11.4 Å². The Kier molecular flexibility index (Phi) is 4.48. The average Bonchev–Trinajstić information content (AvgIpc) is 2.69. The lowest BCUT2D eigenvalue weighted by Crippen LogP contribution is -2.10. The molecule has 0 radical (unpaired) electrons. The summed E-state index contributed by atoms with van der Waals surface area (Å²) in [6.45, 7) is 0. The van der Waals surface area contributed by atoms with E-state index in [2.05, 4.69) is 15.0 Å². The largest absolute Gasteiger partial charge is 0.426 e. The molecule has 0 bridgehead atoms. The number of H-pyrrole nitrogens is 1. The standard InChI is InChI=1S/C20H15ClN4O2/c1-25(14-4-2-13(21)3-5-14)15-6-8-16(9-7-15)27-20-23-18-12-22-11-10-17(18)19(26)24-20/h2-12H,1H3,(H,23,24,26). The molecule has 7 heteroatoms. The number of ether oxygens (including phenoxy) is 1. The zero-order valence-corrected chi connectivity index (χ0v) is 15.1. The van der Waals surface area contributed by atoms with Gasteiger partial charge < -0.3 is 9.64 Å². The third-order valence-electron chi connectivity index (χ3n) is 4.14. The maximum atomic E-state index is 12.1. The van der Waals surface area contributed by atoms with E-state index in [1.807, 2.05) is 60.5 Å². The molecule has 2 aromatic carbocycles. The molecule has 2 aromatic heterocycles. The maximum absolute atomic E-state index is 12.1. The van der Waals surface area contributed by atoms with Crippen LogP contribution >= 0.6 is 11.6 Å². The number of nitrogens with one attached hydrogen (secondary N) is 1. The molecule has 0 aliphatic heterocycles. The Bertz CT molecular complexity index is 1140. The summed E-state index contributed by atoms with van der Waals surface area (Å²) < 4.78 is 5.69. The summed E-state index contributed by atoms with van der Waals surface area (Å²) in [6, 6.07) is 16.8. The van der Waals surface area contributed by atoms with Crippen molar-refractivity contribution in [2.24, 2.45) is 0 Å². The lowest BCUT2D eigenvalue weighted by atomic mass is 10.2. The van der Waals surface area contributed by atoms with Crippen molar-refractivity contribution in [3.8, 4) is 11.8 Å². The lowest BCUT2D eigenvalue weighted by Gasteiger charge is -2.19. The third-order valence-corrected chi connectivity index (χ3v) is 4.39. The van der Waals surface area contributed by atoms with Crippen molar-refractivity contribution in [2.75, 3.05) is 11.9 Å². The molecule has 0 saturated heterocycles. The number of aromatic amines is 1. The lowest BCUT2D eigenvalue weighted by molar-refractivity contribution is 0.443. The zero-order chi connectivity index (χ0) is 18.8. The number of hydrogen-bond donors (Lipinski definition) is 1. The quantitative estimate of drug-likeness (QED) is 0.564. The van der Waals surface area contributed by atoms with Crippen molar-refractivity contribution >= 4 is 33.9 Å². The minimum absolute atomic E-state index is 0.124. The topological polar surface area (TPSA) is 71.1 Å². The molecule has 0 unspecified atom stereocenters. The van der Waals surface area contributed by atoms with Gasteiger partial charge in [-0.25, -0.2) is 0 Å². The fraction of sp³-hybridized carbons (Fsp3) is 0.0500. The van der Waals surface area contributed by atoms with E-state index in [0.29, 0.717) is 21.7 Å². The predicted molar refractivity (Wildman–Crippen MR) is 106 cm³/mol. The predicted octanol–water partition coefficient (Wildman–Crippen LogP) is 4.53. The minimum atomic E-state index is -0.267. The van der Waals surface area contributed by atoms with Crippen LogP contribution in [0, 0.1) is 0 Å². The first-order chi connectivity index (χ1) is 13.1. The van der Waals surface area contributed by atoms with Gasteiger partial charge in [-0.3, -0.25) is 14.8 Å². The van der Waals surface area contributed by atoms with Crippen molar-refractivity contribution in [1.29, 1.82) is 0 Å². The first kappa shape index (κ1) is 17.1. The van der Waals surface area contributed by atoms with Gasteiger partial charge in [0.1, 0.15) is 5.75 Å². The van der Waals surface area contributed by atoms with Gasteiger partial charge in [0.15, 0.2) is 0 Å². The molecule has 134 valence electrons. The number of pyridine rings is 1. The molecule has 2 heterocycles. The van der Waals surface area contributed by atoms with Crippen LogP contribution in [0.5, 0.6) is 11.8 Å². The molecule has 0 aliphatic carbocycles. The summed E-state index contributed by atoms with van der Waals surface area (Å²) in [6.07, 6.45) is 3.08. The van der Waals surface area contributed by atoms with Crippen molar-refractivity contribution < 1.29 is 4.74 Å². The first-order valence-electron chi connectivity index (χ1n) is 8.21. The zero-order valence-electron chi connectivity index (χ0n) is 14.4. The SMILES string of the molecule is CN(c1ccc(Cl)cc1)c1ccc(Oc2nc3cnccc3c(=O)[nH]2)cc1. The monoisotopic (exact) mass is 378 g/mol. The van der Waals surface area contributed by atoms with Gasteiger partial charge in [-0.15, -0.1) is 0 Å². The molecule has 1 N–H and O–H groups in total. The van der Waals surface area contributed by atoms with Gasteiger partial charge in [-0.05, 0) is 54.6 Å². The van der Waals surface area contributed by atoms with Crippen molar-refractivity contribution in [2.45, 2.75) is 0 Å². The van der Waals surface area contributed by atoms with Crippen molar-refractivity contribution in [3.63, 3.8) is 0 Å².